The fourth-order valence-electron chi connectivity index (χ4n) is 1.99. The highest BCUT2D eigenvalue weighted by Crippen LogP contribution is 2.25. The molecule has 0 saturated carbocycles. The number of unbranched alkanes of at least 4 members (excludes halogenated alkanes) is 2. The SMILES string of the molecule is CCCCCN(c1ccc(C#N)c(Br)c1)C(C)C. The lowest BCUT2D eigenvalue weighted by atomic mass is 10.1. The Morgan fingerprint density at radius 3 is 2.56 bits per heavy atom. The van der Waals surface area contributed by atoms with Crippen LogP contribution < -0.4 is 4.90 Å². The van der Waals surface area contributed by atoms with Crippen molar-refractivity contribution in [3.8, 4) is 6.07 Å². The number of rotatable bonds is 6. The second kappa shape index (κ2) is 7.43. The Morgan fingerprint density at radius 1 is 1.33 bits per heavy atom. The second-order valence-corrected chi connectivity index (χ2v) is 5.62. The van der Waals surface area contributed by atoms with E-state index in [1.807, 2.05) is 18.2 Å². The predicted octanol–water partition coefficient (Wildman–Crippen LogP) is 4.73. The van der Waals surface area contributed by atoms with Crippen LogP contribution in [0.1, 0.15) is 45.6 Å². The first-order chi connectivity index (χ1) is 8.60. The first-order valence-corrected chi connectivity index (χ1v) is 7.35. The summed E-state index contributed by atoms with van der Waals surface area (Å²) in [5.74, 6) is 0. The molecule has 0 N–H and O–H groups in total. The monoisotopic (exact) mass is 308 g/mol. The quantitative estimate of drug-likeness (QED) is 0.711. The third-order valence-corrected chi connectivity index (χ3v) is 3.69. The van der Waals surface area contributed by atoms with Crippen LogP contribution >= 0.6 is 15.9 Å². The Labute approximate surface area is 119 Å². The molecule has 0 aliphatic carbocycles. The van der Waals surface area contributed by atoms with Crippen LogP contribution in [0.15, 0.2) is 22.7 Å². The summed E-state index contributed by atoms with van der Waals surface area (Å²) >= 11 is 3.46. The van der Waals surface area contributed by atoms with Gasteiger partial charge in [-0.25, -0.2) is 0 Å². The highest BCUT2D eigenvalue weighted by Gasteiger charge is 2.11. The van der Waals surface area contributed by atoms with Gasteiger partial charge in [-0.1, -0.05) is 19.8 Å². The van der Waals surface area contributed by atoms with Crippen molar-refractivity contribution < 1.29 is 0 Å². The van der Waals surface area contributed by atoms with Crippen molar-refractivity contribution in [3.63, 3.8) is 0 Å². The molecule has 0 unspecified atom stereocenters. The summed E-state index contributed by atoms with van der Waals surface area (Å²) in [5, 5.41) is 8.94. The number of halogens is 1. The van der Waals surface area contributed by atoms with E-state index in [0.717, 1.165) is 11.0 Å². The maximum absolute atomic E-state index is 8.94. The zero-order valence-corrected chi connectivity index (χ0v) is 13.0. The summed E-state index contributed by atoms with van der Waals surface area (Å²) in [4.78, 5) is 2.39. The van der Waals surface area contributed by atoms with Crippen LogP contribution in [-0.2, 0) is 0 Å². The Morgan fingerprint density at radius 2 is 2.06 bits per heavy atom. The van der Waals surface area contributed by atoms with Crippen molar-refractivity contribution in [2.75, 3.05) is 11.4 Å². The molecule has 0 bridgehead atoms. The molecule has 0 spiro atoms. The van der Waals surface area contributed by atoms with E-state index in [2.05, 4.69) is 47.7 Å². The number of hydrogen-bond donors (Lipinski definition) is 0. The fourth-order valence-corrected chi connectivity index (χ4v) is 2.45. The van der Waals surface area contributed by atoms with Gasteiger partial charge < -0.3 is 4.90 Å². The van der Waals surface area contributed by atoms with Crippen LogP contribution in [0.25, 0.3) is 0 Å². The molecule has 0 fully saturated rings. The molecule has 0 saturated heterocycles. The summed E-state index contributed by atoms with van der Waals surface area (Å²) in [6, 6.07) is 8.62. The fraction of sp³-hybridized carbons (Fsp3) is 0.533. The third-order valence-electron chi connectivity index (χ3n) is 3.03. The maximum Gasteiger partial charge on any atom is 0.100 e. The molecule has 1 aromatic rings. The van der Waals surface area contributed by atoms with Crippen LogP contribution in [0.4, 0.5) is 5.69 Å². The largest absolute Gasteiger partial charge is 0.369 e. The molecule has 0 heterocycles. The normalized spacial score (nSPS) is 10.4. The number of anilines is 1. The summed E-state index contributed by atoms with van der Waals surface area (Å²) in [6.45, 7) is 7.71. The topological polar surface area (TPSA) is 27.0 Å². The average Bonchev–Trinajstić information content (AvgIpc) is 2.34. The maximum atomic E-state index is 8.94. The van der Waals surface area contributed by atoms with Gasteiger partial charge >= 0.3 is 0 Å². The molecule has 1 rings (SSSR count). The Kier molecular flexibility index (Phi) is 6.21. The van der Waals surface area contributed by atoms with E-state index < -0.39 is 0 Å². The minimum atomic E-state index is 0.474. The molecule has 1 aromatic carbocycles. The molecule has 0 radical (unpaired) electrons. The molecule has 0 aliphatic heterocycles. The van der Waals surface area contributed by atoms with Gasteiger partial charge in [0, 0.05) is 22.7 Å². The van der Waals surface area contributed by atoms with Crippen LogP contribution in [0, 0.1) is 11.3 Å². The Hall–Kier alpha value is -1.01. The van der Waals surface area contributed by atoms with Gasteiger partial charge in [-0.2, -0.15) is 5.26 Å². The number of benzene rings is 1. The number of nitriles is 1. The smallest absolute Gasteiger partial charge is 0.100 e. The van der Waals surface area contributed by atoms with Crippen molar-refractivity contribution in [1.29, 1.82) is 5.26 Å². The zero-order valence-electron chi connectivity index (χ0n) is 11.4. The molecular formula is C15H21BrN2. The molecule has 18 heavy (non-hydrogen) atoms. The lowest BCUT2D eigenvalue weighted by Crippen LogP contribution is -2.31. The predicted molar refractivity (Wildman–Crippen MR) is 80.9 cm³/mol. The van der Waals surface area contributed by atoms with Crippen molar-refractivity contribution in [3.05, 3.63) is 28.2 Å². The van der Waals surface area contributed by atoms with Gasteiger partial charge in [-0.3, -0.25) is 0 Å². The molecular weight excluding hydrogens is 288 g/mol. The van der Waals surface area contributed by atoms with Gasteiger partial charge in [0.25, 0.3) is 0 Å². The van der Waals surface area contributed by atoms with E-state index >= 15 is 0 Å². The third kappa shape index (κ3) is 4.03. The lowest BCUT2D eigenvalue weighted by molar-refractivity contribution is 0.626. The van der Waals surface area contributed by atoms with Gasteiger partial charge in [0.15, 0.2) is 0 Å². The van der Waals surface area contributed by atoms with Gasteiger partial charge in [-0.15, -0.1) is 0 Å². The van der Waals surface area contributed by atoms with Gasteiger partial charge in [0.1, 0.15) is 6.07 Å². The van der Waals surface area contributed by atoms with Gasteiger partial charge in [0.2, 0.25) is 0 Å². The Bertz CT molecular complexity index is 421. The molecule has 0 amide bonds. The summed E-state index contributed by atoms with van der Waals surface area (Å²) in [6.07, 6.45) is 3.72. The van der Waals surface area contributed by atoms with Crippen molar-refractivity contribution in [2.45, 2.75) is 46.1 Å². The molecule has 0 aliphatic rings. The van der Waals surface area contributed by atoms with E-state index in [1.54, 1.807) is 0 Å². The zero-order chi connectivity index (χ0) is 13.5. The highest BCUT2D eigenvalue weighted by atomic mass is 79.9. The lowest BCUT2D eigenvalue weighted by Gasteiger charge is -2.29. The van der Waals surface area contributed by atoms with E-state index in [0.29, 0.717) is 11.6 Å². The van der Waals surface area contributed by atoms with Gasteiger partial charge in [-0.05, 0) is 54.4 Å². The van der Waals surface area contributed by atoms with E-state index in [-0.39, 0.29) is 0 Å². The van der Waals surface area contributed by atoms with Crippen LogP contribution in [0.2, 0.25) is 0 Å². The molecule has 3 heteroatoms. The number of hydrogen-bond acceptors (Lipinski definition) is 2. The molecule has 0 aromatic heterocycles. The molecule has 2 nitrogen and oxygen atoms in total. The minimum Gasteiger partial charge on any atom is -0.369 e. The Balaban J connectivity index is 2.86. The van der Waals surface area contributed by atoms with E-state index in [4.69, 9.17) is 5.26 Å². The number of nitrogens with zero attached hydrogens (tertiary/aromatic N) is 2. The second-order valence-electron chi connectivity index (χ2n) is 4.77. The van der Waals surface area contributed by atoms with Crippen LogP contribution in [-0.4, -0.2) is 12.6 Å². The van der Waals surface area contributed by atoms with Crippen LogP contribution in [0.5, 0.6) is 0 Å². The standard InChI is InChI=1S/C15H21BrN2/c1-4-5-6-9-18(12(2)3)14-8-7-13(11-17)15(16)10-14/h7-8,10,12H,4-6,9H2,1-3H3. The minimum absolute atomic E-state index is 0.474. The summed E-state index contributed by atoms with van der Waals surface area (Å²) in [7, 11) is 0. The van der Waals surface area contributed by atoms with Gasteiger partial charge in [0.05, 0.1) is 5.56 Å². The van der Waals surface area contributed by atoms with Crippen molar-refractivity contribution in [1.82, 2.24) is 0 Å². The average molecular weight is 309 g/mol. The molecule has 0 atom stereocenters. The molecule has 98 valence electrons. The van der Waals surface area contributed by atoms with E-state index in [9.17, 15) is 0 Å². The van der Waals surface area contributed by atoms with Crippen molar-refractivity contribution >= 4 is 21.6 Å². The first kappa shape index (κ1) is 15.0. The highest BCUT2D eigenvalue weighted by molar-refractivity contribution is 9.10. The first-order valence-electron chi connectivity index (χ1n) is 6.56. The van der Waals surface area contributed by atoms with Crippen LogP contribution in [0.3, 0.4) is 0 Å². The summed E-state index contributed by atoms with van der Waals surface area (Å²) < 4.78 is 0.878. The van der Waals surface area contributed by atoms with Crippen molar-refractivity contribution in [2.24, 2.45) is 0 Å². The van der Waals surface area contributed by atoms with E-state index in [1.165, 1.54) is 24.9 Å². The summed E-state index contributed by atoms with van der Waals surface area (Å²) in [5.41, 5.74) is 1.88.